The monoisotopic (exact) mass is 212 g/mol. The van der Waals surface area contributed by atoms with Gasteiger partial charge in [0.1, 0.15) is 6.33 Å². The van der Waals surface area contributed by atoms with Crippen molar-refractivity contribution in [3.05, 3.63) is 22.8 Å². The lowest BCUT2D eigenvalue weighted by Crippen LogP contribution is -1.95. The fourth-order valence-electron chi connectivity index (χ4n) is 0.903. The van der Waals surface area contributed by atoms with Crippen LogP contribution in [-0.4, -0.2) is 19.6 Å². The maximum atomic E-state index is 4.07. The first-order valence-corrected chi connectivity index (χ1v) is 3.89. The predicted octanol–water partition coefficient (Wildman–Crippen LogP) is 1.20. The minimum Gasteiger partial charge on any atom is -0.243 e. The van der Waals surface area contributed by atoms with E-state index in [1.807, 2.05) is 6.92 Å². The van der Waals surface area contributed by atoms with E-state index in [-0.39, 0.29) is 0 Å². The van der Waals surface area contributed by atoms with Gasteiger partial charge >= 0.3 is 0 Å². The molecule has 0 N–H and O–H groups in total. The van der Waals surface area contributed by atoms with E-state index in [1.54, 1.807) is 10.7 Å². The van der Waals surface area contributed by atoms with Gasteiger partial charge in [-0.1, -0.05) is 0 Å². The van der Waals surface area contributed by atoms with Crippen LogP contribution in [0.3, 0.4) is 0 Å². The Morgan fingerprint density at radius 2 is 2.27 bits per heavy atom. The first-order valence-electron chi connectivity index (χ1n) is 3.10. The molecule has 2 aromatic heterocycles. The molecule has 0 aliphatic rings. The van der Waals surface area contributed by atoms with Gasteiger partial charge < -0.3 is 0 Å². The third-order valence-corrected chi connectivity index (χ3v) is 1.99. The van der Waals surface area contributed by atoms with Crippen LogP contribution in [0.15, 0.2) is 17.1 Å². The summed E-state index contributed by atoms with van der Waals surface area (Å²) in [5, 5.41) is 4.01. The van der Waals surface area contributed by atoms with Crippen LogP contribution in [0.4, 0.5) is 0 Å². The van der Waals surface area contributed by atoms with Crippen LogP contribution >= 0.6 is 15.9 Å². The van der Waals surface area contributed by atoms with Crippen LogP contribution in [0.1, 0.15) is 5.69 Å². The maximum absolute atomic E-state index is 4.07. The van der Waals surface area contributed by atoms with Crippen LogP contribution < -0.4 is 0 Å². The maximum Gasteiger partial charge on any atom is 0.188 e. The zero-order chi connectivity index (χ0) is 7.84. The predicted molar refractivity (Wildman–Crippen MR) is 43.2 cm³/mol. The van der Waals surface area contributed by atoms with Gasteiger partial charge in [0.25, 0.3) is 0 Å². The van der Waals surface area contributed by atoms with Gasteiger partial charge in [-0.15, -0.1) is 0 Å². The molecule has 5 heteroatoms. The molecule has 0 aliphatic carbocycles. The molecular weight excluding hydrogens is 208 g/mol. The van der Waals surface area contributed by atoms with Crippen molar-refractivity contribution in [2.45, 2.75) is 6.92 Å². The topological polar surface area (TPSA) is 43.1 Å². The molecule has 2 heterocycles. The standard InChI is InChI=1S/C6H5BrN4/c1-4-2-8-5(7)6-9-3-10-11(4)6/h2-3H,1H3. The molecule has 0 fully saturated rings. The van der Waals surface area contributed by atoms with Gasteiger partial charge in [0.15, 0.2) is 10.3 Å². The second-order valence-corrected chi connectivity index (χ2v) is 2.94. The Kier molecular flexibility index (Phi) is 1.38. The van der Waals surface area contributed by atoms with Crippen molar-refractivity contribution < 1.29 is 0 Å². The molecule has 4 nitrogen and oxygen atoms in total. The molecule has 0 bridgehead atoms. The number of hydrogen-bond donors (Lipinski definition) is 0. The fraction of sp³-hybridized carbons (Fsp3) is 0.167. The van der Waals surface area contributed by atoms with Crippen LogP contribution in [-0.2, 0) is 0 Å². The van der Waals surface area contributed by atoms with Crippen LogP contribution in [0.2, 0.25) is 0 Å². The van der Waals surface area contributed by atoms with E-state index in [2.05, 4.69) is 31.0 Å². The van der Waals surface area contributed by atoms with E-state index in [1.165, 1.54) is 6.33 Å². The van der Waals surface area contributed by atoms with Gasteiger partial charge in [-0.3, -0.25) is 0 Å². The summed E-state index contributed by atoms with van der Waals surface area (Å²) in [6, 6.07) is 0. The van der Waals surface area contributed by atoms with E-state index in [0.29, 0.717) is 0 Å². The number of hydrogen-bond acceptors (Lipinski definition) is 3. The molecule has 11 heavy (non-hydrogen) atoms. The van der Waals surface area contributed by atoms with Gasteiger partial charge in [0, 0.05) is 6.20 Å². The molecule has 0 unspecified atom stereocenters. The van der Waals surface area contributed by atoms with Crippen molar-refractivity contribution in [1.29, 1.82) is 0 Å². The molecule has 2 rings (SSSR count). The second-order valence-electron chi connectivity index (χ2n) is 2.19. The summed E-state index contributed by atoms with van der Waals surface area (Å²) >= 11 is 3.28. The van der Waals surface area contributed by atoms with Crippen molar-refractivity contribution in [2.24, 2.45) is 0 Å². The van der Waals surface area contributed by atoms with Gasteiger partial charge in [0.2, 0.25) is 0 Å². The summed E-state index contributed by atoms with van der Waals surface area (Å²) in [6.45, 7) is 1.93. The van der Waals surface area contributed by atoms with E-state index in [4.69, 9.17) is 0 Å². The van der Waals surface area contributed by atoms with Crippen molar-refractivity contribution in [2.75, 3.05) is 0 Å². The quantitative estimate of drug-likeness (QED) is 0.660. The molecule has 2 aromatic rings. The molecule has 0 saturated heterocycles. The lowest BCUT2D eigenvalue weighted by Gasteiger charge is -1.96. The molecule has 0 spiro atoms. The summed E-state index contributed by atoms with van der Waals surface area (Å²) in [4.78, 5) is 8.09. The zero-order valence-corrected chi connectivity index (χ0v) is 7.41. The molecule has 56 valence electrons. The minimum atomic E-state index is 0.723. The number of rotatable bonds is 0. The van der Waals surface area contributed by atoms with Crippen molar-refractivity contribution in [3.8, 4) is 0 Å². The van der Waals surface area contributed by atoms with E-state index >= 15 is 0 Å². The molecule has 0 aliphatic heterocycles. The average Bonchev–Trinajstić information content (AvgIpc) is 2.45. The van der Waals surface area contributed by atoms with Gasteiger partial charge in [-0.2, -0.15) is 5.10 Å². The van der Waals surface area contributed by atoms with Crippen LogP contribution in [0, 0.1) is 6.92 Å². The van der Waals surface area contributed by atoms with E-state index < -0.39 is 0 Å². The molecule has 0 atom stereocenters. The third-order valence-electron chi connectivity index (χ3n) is 1.43. The summed E-state index contributed by atoms with van der Waals surface area (Å²) in [5.74, 6) is 0. The van der Waals surface area contributed by atoms with Gasteiger partial charge in [-0.05, 0) is 22.9 Å². The minimum absolute atomic E-state index is 0.723. The highest BCUT2D eigenvalue weighted by Crippen LogP contribution is 2.12. The Hall–Kier alpha value is -0.970. The molecular formula is C6H5BrN4. The average molecular weight is 213 g/mol. The summed E-state index contributed by atoms with van der Waals surface area (Å²) in [5.41, 5.74) is 1.73. The molecule has 0 saturated carbocycles. The Morgan fingerprint density at radius 1 is 1.45 bits per heavy atom. The zero-order valence-electron chi connectivity index (χ0n) is 5.82. The summed E-state index contributed by atoms with van der Waals surface area (Å²) < 4.78 is 2.46. The van der Waals surface area contributed by atoms with Crippen LogP contribution in [0.5, 0.6) is 0 Å². The van der Waals surface area contributed by atoms with Crippen molar-refractivity contribution in [1.82, 2.24) is 19.6 Å². The number of fused-ring (bicyclic) bond motifs is 1. The molecule has 0 radical (unpaired) electrons. The third kappa shape index (κ3) is 0.920. The normalized spacial score (nSPS) is 10.7. The second kappa shape index (κ2) is 2.27. The number of nitrogens with zero attached hydrogens (tertiary/aromatic N) is 4. The largest absolute Gasteiger partial charge is 0.243 e. The Bertz CT molecular complexity index is 358. The highest BCUT2D eigenvalue weighted by atomic mass is 79.9. The van der Waals surface area contributed by atoms with Crippen molar-refractivity contribution in [3.63, 3.8) is 0 Å². The summed E-state index contributed by atoms with van der Waals surface area (Å²) in [6.07, 6.45) is 3.25. The van der Waals surface area contributed by atoms with E-state index in [9.17, 15) is 0 Å². The molecule has 0 aromatic carbocycles. The summed E-state index contributed by atoms with van der Waals surface area (Å²) in [7, 11) is 0. The Balaban J connectivity index is 2.96. The first kappa shape index (κ1) is 6.72. The molecule has 0 amide bonds. The lowest BCUT2D eigenvalue weighted by molar-refractivity contribution is 0.892. The lowest BCUT2D eigenvalue weighted by atomic mass is 10.5. The Labute approximate surface area is 71.4 Å². The highest BCUT2D eigenvalue weighted by molar-refractivity contribution is 9.10. The smallest absolute Gasteiger partial charge is 0.188 e. The number of aromatic nitrogens is 4. The first-order chi connectivity index (χ1) is 5.29. The van der Waals surface area contributed by atoms with E-state index in [0.717, 1.165) is 15.9 Å². The van der Waals surface area contributed by atoms with Crippen molar-refractivity contribution >= 4 is 21.6 Å². The van der Waals surface area contributed by atoms with Gasteiger partial charge in [-0.25, -0.2) is 14.5 Å². The SMILES string of the molecule is Cc1cnc(Br)c2ncnn12. The highest BCUT2D eigenvalue weighted by Gasteiger charge is 2.02. The number of halogens is 1. The van der Waals surface area contributed by atoms with Gasteiger partial charge in [0.05, 0.1) is 5.69 Å². The Morgan fingerprint density at radius 3 is 3.00 bits per heavy atom. The fourth-order valence-corrected chi connectivity index (χ4v) is 1.28. The number of aryl methyl sites for hydroxylation is 1. The van der Waals surface area contributed by atoms with Crippen LogP contribution in [0.25, 0.3) is 5.65 Å².